The molecule has 0 radical (unpaired) electrons. The first kappa shape index (κ1) is 20.4. The number of ether oxygens (including phenoxy) is 1. The quantitative estimate of drug-likeness (QED) is 0.576. The summed E-state index contributed by atoms with van der Waals surface area (Å²) in [5, 5.41) is 4.33. The van der Waals surface area contributed by atoms with Gasteiger partial charge in [-0.25, -0.2) is 0 Å². The molecular weight excluding hydrogens is 392 g/mol. The van der Waals surface area contributed by atoms with Crippen LogP contribution >= 0.6 is 12.2 Å². The Morgan fingerprint density at radius 3 is 2.53 bits per heavy atom. The normalized spacial score (nSPS) is 18.5. The molecule has 1 aromatic carbocycles. The molecule has 0 bridgehead atoms. The van der Waals surface area contributed by atoms with E-state index < -0.39 is 0 Å². The smallest absolute Gasteiger partial charge is 0.170 e. The largest absolute Gasteiger partial charge is 0.497 e. The number of pyridine rings is 1. The zero-order valence-electron chi connectivity index (χ0n) is 17.9. The van der Waals surface area contributed by atoms with Gasteiger partial charge in [-0.15, -0.1) is 0 Å². The molecule has 6 heteroatoms. The lowest BCUT2D eigenvalue weighted by atomic mass is 9.96. The second kappa shape index (κ2) is 8.48. The molecule has 1 aliphatic rings. The Labute approximate surface area is 183 Å². The van der Waals surface area contributed by atoms with Gasteiger partial charge in [-0.3, -0.25) is 4.98 Å². The highest BCUT2D eigenvalue weighted by Crippen LogP contribution is 2.41. The molecule has 5 nitrogen and oxygen atoms in total. The summed E-state index contributed by atoms with van der Waals surface area (Å²) in [7, 11) is 1.69. The van der Waals surface area contributed by atoms with Crippen molar-refractivity contribution in [3.63, 3.8) is 0 Å². The summed E-state index contributed by atoms with van der Waals surface area (Å²) in [6, 6.07) is 16.7. The summed E-state index contributed by atoms with van der Waals surface area (Å²) in [6.07, 6.45) is 2.88. The SMILES string of the molecule is CCCN1C(=S)NC(c2ccccn2)C1c1cc(C)n(-c2ccc(OC)cc2)c1C. The number of aromatic nitrogens is 2. The molecule has 30 heavy (non-hydrogen) atoms. The van der Waals surface area contributed by atoms with E-state index in [1.807, 2.05) is 30.5 Å². The summed E-state index contributed by atoms with van der Waals surface area (Å²) < 4.78 is 7.62. The van der Waals surface area contributed by atoms with Crippen LogP contribution in [0.4, 0.5) is 0 Å². The van der Waals surface area contributed by atoms with Gasteiger partial charge in [0.15, 0.2) is 5.11 Å². The van der Waals surface area contributed by atoms with Crippen LogP contribution < -0.4 is 10.1 Å². The highest BCUT2D eigenvalue weighted by atomic mass is 32.1. The Morgan fingerprint density at radius 2 is 1.90 bits per heavy atom. The zero-order chi connectivity index (χ0) is 21.3. The van der Waals surface area contributed by atoms with Crippen LogP contribution in [0.15, 0.2) is 54.7 Å². The second-order valence-corrected chi connectivity index (χ2v) is 8.07. The zero-order valence-corrected chi connectivity index (χ0v) is 18.7. The van der Waals surface area contributed by atoms with Gasteiger partial charge in [-0.1, -0.05) is 13.0 Å². The molecule has 2 aromatic heterocycles. The third-order valence-corrected chi connectivity index (χ3v) is 6.13. The number of hydrogen-bond acceptors (Lipinski definition) is 3. The van der Waals surface area contributed by atoms with Crippen molar-refractivity contribution in [1.82, 2.24) is 19.8 Å². The van der Waals surface area contributed by atoms with E-state index in [-0.39, 0.29) is 12.1 Å². The monoisotopic (exact) mass is 420 g/mol. The maximum Gasteiger partial charge on any atom is 0.170 e. The van der Waals surface area contributed by atoms with Crippen molar-refractivity contribution >= 4 is 17.3 Å². The van der Waals surface area contributed by atoms with Gasteiger partial charge in [-0.05, 0) is 80.5 Å². The van der Waals surface area contributed by atoms with Gasteiger partial charge in [0.2, 0.25) is 0 Å². The van der Waals surface area contributed by atoms with Gasteiger partial charge in [0, 0.05) is 29.8 Å². The number of thiocarbonyl (C=S) groups is 1. The third kappa shape index (κ3) is 3.56. The van der Waals surface area contributed by atoms with E-state index in [0.29, 0.717) is 0 Å². The van der Waals surface area contributed by atoms with Gasteiger partial charge >= 0.3 is 0 Å². The predicted molar refractivity (Wildman–Crippen MR) is 124 cm³/mol. The number of rotatable bonds is 6. The van der Waals surface area contributed by atoms with Crippen molar-refractivity contribution in [3.05, 3.63) is 77.4 Å². The predicted octanol–water partition coefficient (Wildman–Crippen LogP) is 4.88. The molecule has 2 atom stereocenters. The van der Waals surface area contributed by atoms with E-state index in [1.165, 1.54) is 17.0 Å². The van der Waals surface area contributed by atoms with E-state index in [0.717, 1.165) is 35.2 Å². The maximum absolute atomic E-state index is 5.73. The fourth-order valence-corrected chi connectivity index (χ4v) is 4.77. The molecule has 1 saturated heterocycles. The lowest BCUT2D eigenvalue weighted by molar-refractivity contribution is 0.316. The van der Waals surface area contributed by atoms with Crippen molar-refractivity contribution in [3.8, 4) is 11.4 Å². The average Bonchev–Trinajstić information content (AvgIpc) is 3.24. The Hall–Kier alpha value is -2.86. The fourth-order valence-electron chi connectivity index (χ4n) is 4.44. The average molecular weight is 421 g/mol. The van der Waals surface area contributed by atoms with Crippen molar-refractivity contribution in [2.24, 2.45) is 0 Å². The van der Waals surface area contributed by atoms with Crippen molar-refractivity contribution in [2.75, 3.05) is 13.7 Å². The first-order valence-electron chi connectivity index (χ1n) is 10.4. The van der Waals surface area contributed by atoms with E-state index >= 15 is 0 Å². The van der Waals surface area contributed by atoms with Crippen LogP contribution in [0.3, 0.4) is 0 Å². The Kier molecular flexibility index (Phi) is 5.77. The van der Waals surface area contributed by atoms with E-state index in [2.05, 4.69) is 64.8 Å². The van der Waals surface area contributed by atoms with Gasteiger partial charge in [0.1, 0.15) is 5.75 Å². The minimum absolute atomic E-state index is 0.0232. The standard InChI is InChI=1S/C24H28N4OS/c1-5-14-27-23(22(26-24(27)30)21-8-6-7-13-25-21)20-15-16(2)28(17(20)3)18-9-11-19(29-4)12-10-18/h6-13,15,22-23H,5,14H2,1-4H3,(H,26,30). The van der Waals surface area contributed by atoms with Crippen LogP contribution in [-0.2, 0) is 0 Å². The van der Waals surface area contributed by atoms with Crippen LogP contribution in [0.5, 0.6) is 5.75 Å². The Morgan fingerprint density at radius 1 is 1.13 bits per heavy atom. The van der Waals surface area contributed by atoms with Crippen LogP contribution in [0.2, 0.25) is 0 Å². The van der Waals surface area contributed by atoms with E-state index in [9.17, 15) is 0 Å². The number of nitrogens with one attached hydrogen (secondary N) is 1. The van der Waals surface area contributed by atoms with Crippen molar-refractivity contribution in [1.29, 1.82) is 0 Å². The molecular formula is C24H28N4OS. The maximum atomic E-state index is 5.73. The third-order valence-electron chi connectivity index (χ3n) is 5.78. The molecule has 2 unspecified atom stereocenters. The molecule has 3 heterocycles. The van der Waals surface area contributed by atoms with Crippen LogP contribution in [0.25, 0.3) is 5.69 Å². The second-order valence-electron chi connectivity index (χ2n) is 7.68. The number of methoxy groups -OCH3 is 1. The molecule has 0 amide bonds. The fraction of sp³-hybridized carbons (Fsp3) is 0.333. The molecule has 1 N–H and O–H groups in total. The molecule has 1 fully saturated rings. The Balaban J connectivity index is 1.80. The minimum Gasteiger partial charge on any atom is -0.497 e. The molecule has 4 rings (SSSR count). The van der Waals surface area contributed by atoms with Crippen molar-refractivity contribution in [2.45, 2.75) is 39.3 Å². The first-order valence-corrected chi connectivity index (χ1v) is 10.8. The molecule has 0 aliphatic carbocycles. The molecule has 156 valence electrons. The van der Waals surface area contributed by atoms with Crippen LogP contribution in [0, 0.1) is 13.8 Å². The molecule has 0 spiro atoms. The topological polar surface area (TPSA) is 42.3 Å². The van der Waals surface area contributed by atoms with E-state index in [1.54, 1.807) is 7.11 Å². The van der Waals surface area contributed by atoms with Gasteiger partial charge in [-0.2, -0.15) is 0 Å². The summed E-state index contributed by atoms with van der Waals surface area (Å²) in [6.45, 7) is 7.44. The Bertz CT molecular complexity index is 1030. The summed E-state index contributed by atoms with van der Waals surface area (Å²) >= 11 is 5.73. The summed E-state index contributed by atoms with van der Waals surface area (Å²) in [5.41, 5.74) is 5.83. The van der Waals surface area contributed by atoms with Crippen LogP contribution in [-0.4, -0.2) is 33.2 Å². The number of aryl methyl sites for hydroxylation is 1. The number of benzene rings is 1. The highest BCUT2D eigenvalue weighted by molar-refractivity contribution is 7.80. The lowest BCUT2D eigenvalue weighted by Gasteiger charge is -2.27. The molecule has 0 saturated carbocycles. The van der Waals surface area contributed by atoms with Crippen molar-refractivity contribution < 1.29 is 4.74 Å². The number of nitrogens with zero attached hydrogens (tertiary/aromatic N) is 3. The van der Waals surface area contributed by atoms with Gasteiger partial charge < -0.3 is 19.5 Å². The summed E-state index contributed by atoms with van der Waals surface area (Å²) in [4.78, 5) is 6.95. The minimum atomic E-state index is 0.0232. The molecule has 1 aliphatic heterocycles. The summed E-state index contributed by atoms with van der Waals surface area (Å²) in [5.74, 6) is 0.858. The highest BCUT2D eigenvalue weighted by Gasteiger charge is 2.40. The first-order chi connectivity index (χ1) is 14.5. The number of hydrogen-bond donors (Lipinski definition) is 1. The van der Waals surface area contributed by atoms with Gasteiger partial charge in [0.05, 0.1) is 24.9 Å². The van der Waals surface area contributed by atoms with Gasteiger partial charge in [0.25, 0.3) is 0 Å². The lowest BCUT2D eigenvalue weighted by Crippen LogP contribution is -2.30. The van der Waals surface area contributed by atoms with Crippen LogP contribution in [0.1, 0.15) is 48.1 Å². The molecule has 3 aromatic rings. The van der Waals surface area contributed by atoms with E-state index in [4.69, 9.17) is 17.0 Å².